The topological polar surface area (TPSA) is 42.8 Å². The minimum absolute atomic E-state index is 0.00163. The number of hydrogen-bond donors (Lipinski definition) is 2. The molecule has 0 radical (unpaired) electrons. The summed E-state index contributed by atoms with van der Waals surface area (Å²) in [6, 6.07) is 26.3. The number of carbonyl (C=O) groups excluding carboxylic acids is 1. The second-order valence-electron chi connectivity index (χ2n) is 9.10. The molecule has 2 N–H and O–H groups in total. The van der Waals surface area contributed by atoms with Gasteiger partial charge < -0.3 is 15.0 Å². The van der Waals surface area contributed by atoms with Gasteiger partial charge in [-0.1, -0.05) is 75.4 Å². The highest BCUT2D eigenvalue weighted by molar-refractivity contribution is 5.91. The van der Waals surface area contributed by atoms with Crippen molar-refractivity contribution < 1.29 is 14.4 Å². The average Bonchev–Trinajstić information content (AvgIpc) is 2.73. The lowest BCUT2D eigenvalue weighted by Gasteiger charge is -2.19. The maximum absolute atomic E-state index is 12.4. The lowest BCUT2D eigenvalue weighted by molar-refractivity contribution is -0.885. The molecule has 0 spiro atoms. The number of anilines is 1. The number of hydrogen-bond acceptors (Lipinski definition) is 2. The summed E-state index contributed by atoms with van der Waals surface area (Å²) >= 11 is 0. The number of nitrogens with one attached hydrogen (secondary N) is 2. The Morgan fingerprint density at radius 3 is 2.13 bits per heavy atom. The summed E-state index contributed by atoms with van der Waals surface area (Å²) in [6.45, 7) is 8.39. The van der Waals surface area contributed by atoms with E-state index < -0.39 is 0 Å². The van der Waals surface area contributed by atoms with Crippen molar-refractivity contribution in [3.63, 3.8) is 0 Å². The molecule has 4 heteroatoms. The van der Waals surface area contributed by atoms with Crippen LogP contribution in [0.4, 0.5) is 5.69 Å². The third-order valence-electron chi connectivity index (χ3n) is 5.17. The summed E-state index contributed by atoms with van der Waals surface area (Å²) in [5.74, 6) is 0.782. The largest absolute Gasteiger partial charge is 0.489 e. The van der Waals surface area contributed by atoms with Crippen molar-refractivity contribution in [2.45, 2.75) is 39.3 Å². The molecule has 162 valence electrons. The van der Waals surface area contributed by atoms with E-state index in [1.165, 1.54) is 11.1 Å². The molecule has 0 aliphatic carbocycles. The fraction of sp³-hybridized carbons (Fsp3) is 0.296. The Labute approximate surface area is 185 Å². The van der Waals surface area contributed by atoms with E-state index in [9.17, 15) is 4.79 Å². The Morgan fingerprint density at radius 2 is 1.52 bits per heavy atom. The molecule has 0 bridgehead atoms. The molecule has 1 unspecified atom stereocenters. The number of quaternary nitrogens is 1. The Morgan fingerprint density at radius 1 is 0.871 bits per heavy atom. The molecule has 3 rings (SSSR count). The molecular formula is C27H33N2O2+. The highest BCUT2D eigenvalue weighted by Gasteiger charge is 2.14. The quantitative estimate of drug-likeness (QED) is 0.576. The zero-order valence-corrected chi connectivity index (χ0v) is 18.9. The summed E-state index contributed by atoms with van der Waals surface area (Å²) in [6.07, 6.45) is 0. The number of benzene rings is 3. The van der Waals surface area contributed by atoms with Gasteiger partial charge in [-0.15, -0.1) is 0 Å². The highest BCUT2D eigenvalue weighted by Crippen LogP contribution is 2.22. The molecule has 0 heterocycles. The Bertz CT molecular complexity index is 959. The van der Waals surface area contributed by atoms with E-state index in [2.05, 4.69) is 50.4 Å². The lowest BCUT2D eigenvalue weighted by Crippen LogP contribution is -3.08. The monoisotopic (exact) mass is 417 g/mol. The maximum atomic E-state index is 12.4. The molecular weight excluding hydrogens is 384 g/mol. The predicted molar refractivity (Wildman–Crippen MR) is 126 cm³/mol. The Hall–Kier alpha value is -3.11. The van der Waals surface area contributed by atoms with Gasteiger partial charge in [0.1, 0.15) is 18.9 Å². The molecule has 0 fully saturated rings. The van der Waals surface area contributed by atoms with E-state index in [-0.39, 0.29) is 11.3 Å². The van der Waals surface area contributed by atoms with Crippen molar-refractivity contribution >= 4 is 11.6 Å². The molecule has 1 amide bonds. The van der Waals surface area contributed by atoms with Crippen LogP contribution in [0.2, 0.25) is 0 Å². The van der Waals surface area contributed by atoms with Crippen LogP contribution in [0, 0.1) is 0 Å². The van der Waals surface area contributed by atoms with Crippen molar-refractivity contribution in [1.82, 2.24) is 0 Å². The van der Waals surface area contributed by atoms with Gasteiger partial charge in [-0.05, 0) is 40.8 Å². The van der Waals surface area contributed by atoms with Crippen LogP contribution in [-0.2, 0) is 23.4 Å². The van der Waals surface area contributed by atoms with Crippen molar-refractivity contribution in [1.29, 1.82) is 0 Å². The molecule has 0 saturated heterocycles. The molecule has 3 aromatic rings. The second kappa shape index (κ2) is 10.3. The van der Waals surface area contributed by atoms with Crippen molar-refractivity contribution in [3.05, 3.63) is 95.6 Å². The van der Waals surface area contributed by atoms with E-state index in [4.69, 9.17) is 4.74 Å². The molecule has 1 atom stereocenters. The van der Waals surface area contributed by atoms with E-state index in [1.54, 1.807) is 0 Å². The number of ether oxygens (including phenoxy) is 1. The Balaban J connectivity index is 1.45. The van der Waals surface area contributed by atoms with E-state index in [0.717, 1.165) is 28.4 Å². The number of amides is 1. The van der Waals surface area contributed by atoms with Crippen LogP contribution >= 0.6 is 0 Å². The van der Waals surface area contributed by atoms with E-state index >= 15 is 0 Å². The maximum Gasteiger partial charge on any atom is 0.279 e. The van der Waals surface area contributed by atoms with Gasteiger partial charge in [-0.3, -0.25) is 4.79 Å². The minimum atomic E-state index is 0.00163. The number of likely N-dealkylation sites (N-methyl/N-ethyl adjacent to an activating group) is 1. The van der Waals surface area contributed by atoms with Crippen LogP contribution < -0.4 is 15.0 Å². The summed E-state index contributed by atoms with van der Waals surface area (Å²) < 4.78 is 5.80. The van der Waals surface area contributed by atoms with Crippen LogP contribution in [0.15, 0.2) is 78.9 Å². The Kier molecular flexibility index (Phi) is 7.48. The van der Waals surface area contributed by atoms with Crippen LogP contribution in [0.25, 0.3) is 0 Å². The zero-order valence-electron chi connectivity index (χ0n) is 18.9. The second-order valence-corrected chi connectivity index (χ2v) is 9.10. The molecule has 31 heavy (non-hydrogen) atoms. The first kappa shape index (κ1) is 22.6. The van der Waals surface area contributed by atoms with Crippen LogP contribution in [0.1, 0.15) is 37.5 Å². The van der Waals surface area contributed by atoms with Crippen LogP contribution in [0.5, 0.6) is 5.75 Å². The lowest BCUT2D eigenvalue weighted by atomic mass is 9.87. The summed E-state index contributed by atoms with van der Waals surface area (Å²) in [5.41, 5.74) is 4.61. The van der Waals surface area contributed by atoms with Gasteiger partial charge in [0.15, 0.2) is 6.54 Å². The standard InChI is InChI=1S/C27H32N2O2/c1-27(2,3)23-12-10-21(11-13-23)18-29(4)19-26(30)28-24-14-16-25(17-15-24)31-20-22-8-6-5-7-9-22/h5-17H,18-20H2,1-4H3,(H,28,30)/p+1. The third-order valence-corrected chi connectivity index (χ3v) is 5.17. The van der Waals surface area contributed by atoms with Crippen molar-refractivity contribution in [2.24, 2.45) is 0 Å². The minimum Gasteiger partial charge on any atom is -0.489 e. The molecule has 4 nitrogen and oxygen atoms in total. The average molecular weight is 418 g/mol. The molecule has 0 aliphatic heterocycles. The zero-order chi connectivity index (χ0) is 22.3. The molecule has 0 aromatic heterocycles. The fourth-order valence-corrected chi connectivity index (χ4v) is 3.39. The summed E-state index contributed by atoms with van der Waals surface area (Å²) in [7, 11) is 2.04. The molecule has 3 aromatic carbocycles. The van der Waals surface area contributed by atoms with Crippen molar-refractivity contribution in [2.75, 3.05) is 18.9 Å². The smallest absolute Gasteiger partial charge is 0.279 e. The third kappa shape index (κ3) is 7.26. The first-order valence-electron chi connectivity index (χ1n) is 10.8. The van der Waals surface area contributed by atoms with E-state index in [0.29, 0.717) is 13.2 Å². The summed E-state index contributed by atoms with van der Waals surface area (Å²) in [4.78, 5) is 13.6. The van der Waals surface area contributed by atoms with Crippen LogP contribution in [-0.4, -0.2) is 19.5 Å². The first-order chi connectivity index (χ1) is 14.8. The molecule has 0 aliphatic rings. The van der Waals surface area contributed by atoms with Gasteiger partial charge in [0, 0.05) is 11.3 Å². The van der Waals surface area contributed by atoms with Gasteiger partial charge in [0.25, 0.3) is 5.91 Å². The summed E-state index contributed by atoms with van der Waals surface area (Å²) in [5, 5.41) is 2.97. The predicted octanol–water partition coefficient (Wildman–Crippen LogP) is 4.22. The number of rotatable bonds is 8. The van der Waals surface area contributed by atoms with Gasteiger partial charge in [-0.2, -0.15) is 0 Å². The molecule has 0 saturated carbocycles. The van der Waals surface area contributed by atoms with Gasteiger partial charge in [0.05, 0.1) is 7.05 Å². The van der Waals surface area contributed by atoms with E-state index in [1.807, 2.05) is 61.6 Å². The van der Waals surface area contributed by atoms with Gasteiger partial charge >= 0.3 is 0 Å². The van der Waals surface area contributed by atoms with Gasteiger partial charge in [-0.25, -0.2) is 0 Å². The normalized spacial score (nSPS) is 12.3. The van der Waals surface area contributed by atoms with Crippen molar-refractivity contribution in [3.8, 4) is 5.75 Å². The van der Waals surface area contributed by atoms with Gasteiger partial charge in [0.2, 0.25) is 0 Å². The number of carbonyl (C=O) groups is 1. The van der Waals surface area contributed by atoms with Crippen LogP contribution in [0.3, 0.4) is 0 Å². The first-order valence-corrected chi connectivity index (χ1v) is 10.8. The SMILES string of the molecule is C[NH+](CC(=O)Nc1ccc(OCc2ccccc2)cc1)Cc1ccc(C(C)(C)C)cc1. The highest BCUT2D eigenvalue weighted by atomic mass is 16.5. The fourth-order valence-electron chi connectivity index (χ4n) is 3.39.